The first-order valence-electron chi connectivity index (χ1n) is 7.60. The van der Waals surface area contributed by atoms with E-state index in [1.165, 1.54) is 23.1 Å². The quantitative estimate of drug-likeness (QED) is 0.637. The Morgan fingerprint density at radius 3 is 2.24 bits per heavy atom. The SMILES string of the molecule is NC(=O)c1ccsc1NC(=O)[C@@H](Sc1ccccc1)c1ccccc1. The van der Waals surface area contributed by atoms with Crippen molar-refractivity contribution in [1.82, 2.24) is 0 Å². The van der Waals surface area contributed by atoms with Gasteiger partial charge in [-0.1, -0.05) is 48.5 Å². The molecule has 3 rings (SSSR count). The van der Waals surface area contributed by atoms with E-state index in [-0.39, 0.29) is 5.91 Å². The highest BCUT2D eigenvalue weighted by molar-refractivity contribution is 8.00. The van der Waals surface area contributed by atoms with Gasteiger partial charge < -0.3 is 11.1 Å². The second-order valence-corrected chi connectivity index (χ2v) is 7.33. The molecule has 0 radical (unpaired) electrons. The molecular weight excluding hydrogens is 352 g/mol. The Morgan fingerprint density at radius 2 is 1.60 bits per heavy atom. The number of hydrogen-bond acceptors (Lipinski definition) is 4. The van der Waals surface area contributed by atoms with Gasteiger partial charge in [-0.25, -0.2) is 0 Å². The second-order valence-electron chi connectivity index (χ2n) is 5.24. The summed E-state index contributed by atoms with van der Waals surface area (Å²) in [5.41, 5.74) is 6.58. The molecular formula is C19H16N2O2S2. The molecule has 3 aromatic rings. The van der Waals surface area contributed by atoms with Crippen LogP contribution in [0, 0.1) is 0 Å². The highest BCUT2D eigenvalue weighted by Gasteiger charge is 2.24. The lowest BCUT2D eigenvalue weighted by Crippen LogP contribution is -2.21. The smallest absolute Gasteiger partial charge is 0.251 e. The minimum absolute atomic E-state index is 0.190. The number of nitrogens with one attached hydrogen (secondary N) is 1. The van der Waals surface area contributed by atoms with Crippen molar-refractivity contribution < 1.29 is 9.59 Å². The summed E-state index contributed by atoms with van der Waals surface area (Å²) in [4.78, 5) is 25.4. The Hall–Kier alpha value is -2.57. The standard InChI is InChI=1S/C19H16N2O2S2/c20-17(22)15-11-12-24-19(15)21-18(23)16(13-7-3-1-4-8-13)25-14-9-5-2-6-10-14/h1-12,16H,(H2,20,22)(H,21,23)/t16-/m0/s1. The van der Waals surface area contributed by atoms with E-state index in [0.717, 1.165) is 10.5 Å². The highest BCUT2D eigenvalue weighted by Crippen LogP contribution is 2.36. The van der Waals surface area contributed by atoms with Crippen LogP contribution in [0.1, 0.15) is 21.2 Å². The van der Waals surface area contributed by atoms with Crippen LogP contribution in [0.3, 0.4) is 0 Å². The van der Waals surface area contributed by atoms with E-state index >= 15 is 0 Å². The van der Waals surface area contributed by atoms with Crippen LogP contribution in [0.25, 0.3) is 0 Å². The molecule has 0 aliphatic carbocycles. The minimum Gasteiger partial charge on any atom is -0.366 e. The third-order valence-corrected chi connectivity index (χ3v) is 5.60. The molecule has 0 saturated heterocycles. The van der Waals surface area contributed by atoms with Crippen molar-refractivity contribution in [3.8, 4) is 0 Å². The Kier molecular flexibility index (Phi) is 5.53. The third kappa shape index (κ3) is 4.29. The molecule has 126 valence electrons. The van der Waals surface area contributed by atoms with Gasteiger partial charge in [-0.3, -0.25) is 9.59 Å². The van der Waals surface area contributed by atoms with Crippen LogP contribution in [0.5, 0.6) is 0 Å². The van der Waals surface area contributed by atoms with Gasteiger partial charge in [-0.2, -0.15) is 0 Å². The summed E-state index contributed by atoms with van der Waals surface area (Å²) in [5, 5.41) is 4.62. The van der Waals surface area contributed by atoms with E-state index in [9.17, 15) is 9.59 Å². The fourth-order valence-corrected chi connectivity index (χ4v) is 4.15. The molecule has 0 fully saturated rings. The maximum Gasteiger partial charge on any atom is 0.251 e. The number of carbonyl (C=O) groups excluding carboxylic acids is 2. The summed E-state index contributed by atoms with van der Waals surface area (Å²) < 4.78 is 0. The molecule has 3 N–H and O–H groups in total. The number of thioether (sulfide) groups is 1. The van der Waals surface area contributed by atoms with Crippen LogP contribution in [-0.4, -0.2) is 11.8 Å². The summed E-state index contributed by atoms with van der Waals surface area (Å²) in [6, 6.07) is 20.9. The second kappa shape index (κ2) is 8.00. The van der Waals surface area contributed by atoms with Gasteiger partial charge in [-0.05, 0) is 29.1 Å². The monoisotopic (exact) mass is 368 g/mol. The number of carbonyl (C=O) groups is 2. The maximum absolute atomic E-state index is 12.9. The zero-order valence-electron chi connectivity index (χ0n) is 13.2. The first kappa shape index (κ1) is 17.3. The van der Waals surface area contributed by atoms with E-state index in [0.29, 0.717) is 10.6 Å². The van der Waals surface area contributed by atoms with Crippen molar-refractivity contribution in [2.45, 2.75) is 10.1 Å². The Morgan fingerprint density at radius 1 is 0.960 bits per heavy atom. The Balaban J connectivity index is 1.87. The van der Waals surface area contributed by atoms with Crippen molar-refractivity contribution in [2.24, 2.45) is 5.73 Å². The number of rotatable bonds is 6. The Bertz CT molecular complexity index is 863. The van der Waals surface area contributed by atoms with Crippen LogP contribution in [0.15, 0.2) is 77.0 Å². The average molecular weight is 368 g/mol. The van der Waals surface area contributed by atoms with Crippen molar-refractivity contribution in [2.75, 3.05) is 5.32 Å². The van der Waals surface area contributed by atoms with Crippen LogP contribution < -0.4 is 11.1 Å². The Labute approximate surface area is 154 Å². The fraction of sp³-hybridized carbons (Fsp3) is 0.0526. The number of primary amides is 1. The van der Waals surface area contributed by atoms with Gasteiger partial charge in [-0.15, -0.1) is 23.1 Å². The number of amides is 2. The number of anilines is 1. The van der Waals surface area contributed by atoms with Gasteiger partial charge >= 0.3 is 0 Å². The minimum atomic E-state index is -0.552. The normalized spacial score (nSPS) is 11.7. The molecule has 1 atom stereocenters. The number of benzene rings is 2. The van der Waals surface area contributed by atoms with Crippen LogP contribution in [0.4, 0.5) is 5.00 Å². The van der Waals surface area contributed by atoms with Gasteiger partial charge in [0.25, 0.3) is 5.91 Å². The fourth-order valence-electron chi connectivity index (χ4n) is 2.31. The molecule has 25 heavy (non-hydrogen) atoms. The third-order valence-electron chi connectivity index (χ3n) is 3.51. The molecule has 1 heterocycles. The average Bonchev–Trinajstić information content (AvgIpc) is 3.09. The van der Waals surface area contributed by atoms with Gasteiger partial charge in [0.15, 0.2) is 0 Å². The molecule has 0 spiro atoms. The van der Waals surface area contributed by atoms with Crippen molar-refractivity contribution in [1.29, 1.82) is 0 Å². The number of hydrogen-bond donors (Lipinski definition) is 2. The largest absolute Gasteiger partial charge is 0.366 e. The molecule has 0 unspecified atom stereocenters. The van der Waals surface area contributed by atoms with Crippen molar-refractivity contribution in [3.05, 3.63) is 83.2 Å². The lowest BCUT2D eigenvalue weighted by atomic mass is 10.1. The first-order valence-corrected chi connectivity index (χ1v) is 9.36. The van der Waals surface area contributed by atoms with Crippen molar-refractivity contribution in [3.63, 3.8) is 0 Å². The summed E-state index contributed by atoms with van der Waals surface area (Å²) in [6.07, 6.45) is 0. The lowest BCUT2D eigenvalue weighted by Gasteiger charge is -2.17. The van der Waals surface area contributed by atoms with E-state index in [1.807, 2.05) is 60.7 Å². The zero-order valence-corrected chi connectivity index (χ0v) is 14.8. The molecule has 0 aliphatic rings. The highest BCUT2D eigenvalue weighted by atomic mass is 32.2. The summed E-state index contributed by atoms with van der Waals surface area (Å²) in [6.45, 7) is 0. The predicted molar refractivity (Wildman–Crippen MR) is 103 cm³/mol. The first-order chi connectivity index (χ1) is 12.1. The molecule has 0 aliphatic heterocycles. The van der Waals surface area contributed by atoms with E-state index < -0.39 is 11.2 Å². The van der Waals surface area contributed by atoms with Crippen LogP contribution in [0.2, 0.25) is 0 Å². The number of thiophene rings is 1. The van der Waals surface area contributed by atoms with E-state index in [2.05, 4.69) is 5.32 Å². The summed E-state index contributed by atoms with van der Waals surface area (Å²) in [5.74, 6) is -0.742. The molecule has 0 bridgehead atoms. The molecule has 4 nitrogen and oxygen atoms in total. The van der Waals surface area contributed by atoms with E-state index in [4.69, 9.17) is 5.73 Å². The van der Waals surface area contributed by atoms with Crippen LogP contribution >= 0.6 is 23.1 Å². The number of nitrogens with two attached hydrogens (primary N) is 1. The molecule has 6 heteroatoms. The topological polar surface area (TPSA) is 72.2 Å². The van der Waals surface area contributed by atoms with Crippen LogP contribution in [-0.2, 0) is 4.79 Å². The van der Waals surface area contributed by atoms with Gasteiger partial charge in [0.2, 0.25) is 5.91 Å². The summed E-state index contributed by atoms with van der Waals surface area (Å²) in [7, 11) is 0. The molecule has 1 aromatic heterocycles. The predicted octanol–water partition coefficient (Wildman–Crippen LogP) is 4.32. The van der Waals surface area contributed by atoms with Gasteiger partial charge in [0.1, 0.15) is 10.3 Å². The van der Waals surface area contributed by atoms with Crippen molar-refractivity contribution >= 4 is 39.9 Å². The molecule has 0 saturated carbocycles. The zero-order chi connectivity index (χ0) is 17.6. The van der Waals surface area contributed by atoms with E-state index in [1.54, 1.807) is 11.4 Å². The lowest BCUT2D eigenvalue weighted by molar-refractivity contribution is -0.115. The van der Waals surface area contributed by atoms with Gasteiger partial charge in [0.05, 0.1) is 5.56 Å². The summed E-state index contributed by atoms with van der Waals surface area (Å²) >= 11 is 2.75. The van der Waals surface area contributed by atoms with Gasteiger partial charge in [0, 0.05) is 4.90 Å². The molecule has 2 amide bonds. The molecule has 2 aromatic carbocycles. The maximum atomic E-state index is 12.9.